The third-order valence-corrected chi connectivity index (χ3v) is 5.05. The molecule has 2 aromatic rings. The van der Waals surface area contributed by atoms with Crippen molar-refractivity contribution in [2.75, 3.05) is 26.2 Å². The lowest BCUT2D eigenvalue weighted by Crippen LogP contribution is -2.29. The number of likely N-dealkylation sites (tertiary alicyclic amines) is 1. The van der Waals surface area contributed by atoms with Gasteiger partial charge < -0.3 is 19.4 Å². The first-order valence-corrected chi connectivity index (χ1v) is 9.29. The summed E-state index contributed by atoms with van der Waals surface area (Å²) in [4.78, 5) is 30.7. The number of hydrogen-bond donors (Lipinski definition) is 1. The van der Waals surface area contributed by atoms with E-state index in [1.54, 1.807) is 6.92 Å². The zero-order chi connectivity index (χ0) is 18.8. The van der Waals surface area contributed by atoms with Crippen LogP contribution in [0.4, 0.5) is 0 Å². The highest BCUT2D eigenvalue weighted by atomic mass is 16.5. The van der Waals surface area contributed by atoms with Gasteiger partial charge in [0.1, 0.15) is 0 Å². The number of hydrogen-bond acceptors (Lipinski definition) is 6. The predicted octanol–water partition coefficient (Wildman–Crippen LogP) is 0.918. The number of carbonyl (C=O) groups is 2. The van der Waals surface area contributed by atoms with E-state index >= 15 is 0 Å². The average molecular weight is 373 g/mol. The van der Waals surface area contributed by atoms with Crippen LogP contribution in [0.1, 0.15) is 50.8 Å². The van der Waals surface area contributed by atoms with Gasteiger partial charge in [-0.1, -0.05) is 0 Å². The predicted molar refractivity (Wildman–Crippen MR) is 94.3 cm³/mol. The van der Waals surface area contributed by atoms with Gasteiger partial charge in [-0.2, -0.15) is 5.10 Å². The normalized spacial score (nSPS) is 16.4. The second-order valence-electron chi connectivity index (χ2n) is 6.82. The second kappa shape index (κ2) is 7.51. The highest BCUT2D eigenvalue weighted by molar-refractivity contribution is 5.94. The SMILES string of the molecule is Cc1ncoc1C(=O)NCCn1nc(C(=O)N2CCCC2)c2c1CCOC2. The summed E-state index contributed by atoms with van der Waals surface area (Å²) in [5.74, 6) is -0.104. The molecule has 4 heterocycles. The number of ether oxygens (including phenoxy) is 1. The number of fused-ring (bicyclic) bond motifs is 1. The number of carbonyl (C=O) groups excluding carboxylic acids is 2. The Labute approximate surface area is 156 Å². The maximum Gasteiger partial charge on any atom is 0.289 e. The summed E-state index contributed by atoms with van der Waals surface area (Å²) in [6.45, 7) is 5.17. The second-order valence-corrected chi connectivity index (χ2v) is 6.82. The fourth-order valence-corrected chi connectivity index (χ4v) is 3.61. The van der Waals surface area contributed by atoms with Gasteiger partial charge in [0.15, 0.2) is 12.1 Å². The Bertz CT molecular complexity index is 850. The minimum absolute atomic E-state index is 0.0191. The highest BCUT2D eigenvalue weighted by Gasteiger charge is 2.29. The van der Waals surface area contributed by atoms with Crippen molar-refractivity contribution in [2.24, 2.45) is 0 Å². The third kappa shape index (κ3) is 3.46. The van der Waals surface area contributed by atoms with Crippen molar-refractivity contribution in [3.05, 3.63) is 34.8 Å². The van der Waals surface area contributed by atoms with Crippen LogP contribution in [0.2, 0.25) is 0 Å². The van der Waals surface area contributed by atoms with Crippen molar-refractivity contribution in [1.29, 1.82) is 0 Å². The summed E-state index contributed by atoms with van der Waals surface area (Å²) < 4.78 is 12.5. The van der Waals surface area contributed by atoms with Crippen LogP contribution >= 0.6 is 0 Å². The van der Waals surface area contributed by atoms with Gasteiger partial charge in [0, 0.05) is 37.3 Å². The van der Waals surface area contributed by atoms with E-state index < -0.39 is 0 Å². The van der Waals surface area contributed by atoms with E-state index in [2.05, 4.69) is 15.4 Å². The van der Waals surface area contributed by atoms with E-state index in [-0.39, 0.29) is 17.6 Å². The molecule has 0 bridgehead atoms. The van der Waals surface area contributed by atoms with Gasteiger partial charge in [0.25, 0.3) is 11.8 Å². The lowest BCUT2D eigenvalue weighted by molar-refractivity contribution is 0.0772. The van der Waals surface area contributed by atoms with Crippen LogP contribution in [0, 0.1) is 6.92 Å². The molecule has 2 amide bonds. The topological polar surface area (TPSA) is 102 Å². The zero-order valence-electron chi connectivity index (χ0n) is 15.4. The quantitative estimate of drug-likeness (QED) is 0.836. The molecule has 0 atom stereocenters. The van der Waals surface area contributed by atoms with Crippen molar-refractivity contribution < 1.29 is 18.7 Å². The smallest absolute Gasteiger partial charge is 0.289 e. The Kier molecular flexibility index (Phi) is 4.93. The van der Waals surface area contributed by atoms with Gasteiger partial charge in [0.2, 0.25) is 5.76 Å². The Morgan fingerprint density at radius 2 is 2.11 bits per heavy atom. The molecule has 0 radical (unpaired) electrons. The van der Waals surface area contributed by atoms with E-state index in [9.17, 15) is 9.59 Å². The van der Waals surface area contributed by atoms with Crippen LogP contribution in [0.25, 0.3) is 0 Å². The maximum atomic E-state index is 12.8. The average Bonchev–Trinajstić information content (AvgIpc) is 3.41. The van der Waals surface area contributed by atoms with Gasteiger partial charge in [-0.3, -0.25) is 14.3 Å². The molecular weight excluding hydrogens is 350 g/mol. The van der Waals surface area contributed by atoms with Crippen LogP contribution in [-0.2, 0) is 24.3 Å². The van der Waals surface area contributed by atoms with Crippen molar-refractivity contribution in [2.45, 2.75) is 39.3 Å². The molecule has 2 aliphatic heterocycles. The van der Waals surface area contributed by atoms with E-state index in [1.165, 1.54) is 6.39 Å². The van der Waals surface area contributed by atoms with Crippen molar-refractivity contribution in [3.63, 3.8) is 0 Å². The van der Waals surface area contributed by atoms with Crippen LogP contribution in [-0.4, -0.2) is 57.7 Å². The van der Waals surface area contributed by atoms with Crippen LogP contribution < -0.4 is 5.32 Å². The lowest BCUT2D eigenvalue weighted by atomic mass is 10.1. The molecule has 0 aliphatic carbocycles. The highest BCUT2D eigenvalue weighted by Crippen LogP contribution is 2.23. The van der Waals surface area contributed by atoms with E-state index in [0.717, 1.165) is 37.2 Å². The standard InChI is InChI=1S/C18H23N5O4/c1-12-16(27-11-20-12)17(24)19-5-8-23-14-4-9-26-10-13(14)15(21-23)18(25)22-6-2-3-7-22/h11H,2-10H2,1H3,(H,19,24). The summed E-state index contributed by atoms with van der Waals surface area (Å²) in [5.41, 5.74) is 2.95. The first-order chi connectivity index (χ1) is 13.1. The lowest BCUT2D eigenvalue weighted by Gasteiger charge is -2.17. The molecule has 27 heavy (non-hydrogen) atoms. The molecular formula is C18H23N5O4. The Morgan fingerprint density at radius 3 is 2.85 bits per heavy atom. The van der Waals surface area contributed by atoms with Gasteiger partial charge in [0.05, 0.1) is 25.5 Å². The molecule has 1 N–H and O–H groups in total. The first kappa shape index (κ1) is 17.7. The van der Waals surface area contributed by atoms with Gasteiger partial charge in [-0.05, 0) is 19.8 Å². The Hall–Kier alpha value is -2.68. The molecule has 9 nitrogen and oxygen atoms in total. The molecule has 2 aliphatic rings. The third-order valence-electron chi connectivity index (χ3n) is 5.05. The number of aromatic nitrogens is 3. The van der Waals surface area contributed by atoms with Crippen LogP contribution in [0.3, 0.4) is 0 Å². The number of nitrogens with one attached hydrogen (secondary N) is 1. The minimum atomic E-state index is -0.303. The first-order valence-electron chi connectivity index (χ1n) is 9.29. The molecule has 0 spiro atoms. The van der Waals surface area contributed by atoms with Crippen LogP contribution in [0.5, 0.6) is 0 Å². The van der Waals surface area contributed by atoms with E-state index in [1.807, 2.05) is 9.58 Å². The van der Waals surface area contributed by atoms with Gasteiger partial charge in [-0.15, -0.1) is 0 Å². The number of rotatable bonds is 5. The molecule has 144 valence electrons. The summed E-state index contributed by atoms with van der Waals surface area (Å²) >= 11 is 0. The molecule has 0 aromatic carbocycles. The number of nitrogens with zero attached hydrogens (tertiary/aromatic N) is 4. The monoisotopic (exact) mass is 373 g/mol. The molecule has 0 saturated carbocycles. The Balaban J connectivity index is 1.47. The number of aryl methyl sites for hydroxylation is 1. The number of amides is 2. The minimum Gasteiger partial charge on any atom is -0.438 e. The van der Waals surface area contributed by atoms with Crippen LogP contribution in [0.15, 0.2) is 10.8 Å². The van der Waals surface area contributed by atoms with Crippen molar-refractivity contribution >= 4 is 11.8 Å². The summed E-state index contributed by atoms with van der Waals surface area (Å²) in [5, 5.41) is 7.39. The molecule has 2 aromatic heterocycles. The van der Waals surface area contributed by atoms with Gasteiger partial charge >= 0.3 is 0 Å². The molecule has 9 heteroatoms. The molecule has 4 rings (SSSR count). The summed E-state index contributed by atoms with van der Waals surface area (Å²) in [7, 11) is 0. The molecule has 1 saturated heterocycles. The summed E-state index contributed by atoms with van der Waals surface area (Å²) in [6, 6.07) is 0. The van der Waals surface area contributed by atoms with E-state index in [0.29, 0.717) is 44.1 Å². The van der Waals surface area contributed by atoms with E-state index in [4.69, 9.17) is 9.15 Å². The number of oxazole rings is 1. The van der Waals surface area contributed by atoms with Gasteiger partial charge in [-0.25, -0.2) is 4.98 Å². The molecule has 1 fully saturated rings. The van der Waals surface area contributed by atoms with Crippen molar-refractivity contribution in [3.8, 4) is 0 Å². The fourth-order valence-electron chi connectivity index (χ4n) is 3.61. The van der Waals surface area contributed by atoms with Crippen molar-refractivity contribution in [1.82, 2.24) is 25.0 Å². The molecule has 0 unspecified atom stereocenters. The summed E-state index contributed by atoms with van der Waals surface area (Å²) in [6.07, 6.45) is 4.05. The fraction of sp³-hybridized carbons (Fsp3) is 0.556. The maximum absolute atomic E-state index is 12.8. The largest absolute Gasteiger partial charge is 0.438 e. The zero-order valence-corrected chi connectivity index (χ0v) is 15.4. The Morgan fingerprint density at radius 1 is 1.30 bits per heavy atom.